The van der Waals surface area contributed by atoms with E-state index >= 15 is 0 Å². The van der Waals surface area contributed by atoms with Gasteiger partial charge in [-0.2, -0.15) is 0 Å². The molecule has 0 unspecified atom stereocenters. The van der Waals surface area contributed by atoms with Crippen molar-refractivity contribution in [3.8, 4) is 0 Å². The lowest BCUT2D eigenvalue weighted by Crippen LogP contribution is -2.64. The van der Waals surface area contributed by atoms with Gasteiger partial charge in [0.05, 0.1) is 25.4 Å². The third kappa shape index (κ3) is 1.26. The van der Waals surface area contributed by atoms with E-state index in [0.717, 1.165) is 26.3 Å². The molecule has 12 heavy (non-hydrogen) atoms. The number of aliphatic hydroxyl groups excluding tert-OH is 1. The summed E-state index contributed by atoms with van der Waals surface area (Å²) in [5.74, 6) is 0. The van der Waals surface area contributed by atoms with Crippen LogP contribution in [-0.4, -0.2) is 48.5 Å². The largest absolute Gasteiger partial charge is 0.395 e. The molecule has 2 aliphatic rings. The smallest absolute Gasteiger partial charge is 0.0679 e. The summed E-state index contributed by atoms with van der Waals surface area (Å²) in [7, 11) is 0. The Morgan fingerprint density at radius 3 is 2.75 bits per heavy atom. The highest BCUT2D eigenvalue weighted by atomic mass is 16.5. The Morgan fingerprint density at radius 2 is 2.17 bits per heavy atom. The summed E-state index contributed by atoms with van der Waals surface area (Å²) in [5.41, 5.74) is 0.320. The lowest BCUT2D eigenvalue weighted by atomic mass is 9.85. The molecule has 2 heterocycles. The first-order valence-corrected chi connectivity index (χ1v) is 4.81. The van der Waals surface area contributed by atoms with E-state index in [2.05, 4.69) is 4.90 Å². The zero-order valence-corrected chi connectivity index (χ0v) is 7.46. The van der Waals surface area contributed by atoms with Crippen molar-refractivity contribution in [3.05, 3.63) is 0 Å². The van der Waals surface area contributed by atoms with Crippen LogP contribution in [0, 0.1) is 0 Å². The van der Waals surface area contributed by atoms with E-state index in [1.807, 2.05) is 0 Å². The number of nitrogens with zero attached hydrogens (tertiary/aromatic N) is 1. The van der Waals surface area contributed by atoms with Crippen LogP contribution in [-0.2, 0) is 4.74 Å². The Kier molecular flexibility index (Phi) is 2.35. The quantitative estimate of drug-likeness (QED) is 0.645. The number of hydrogen-bond acceptors (Lipinski definition) is 3. The van der Waals surface area contributed by atoms with Crippen LogP contribution in [0.15, 0.2) is 0 Å². The van der Waals surface area contributed by atoms with Gasteiger partial charge in [-0.1, -0.05) is 6.42 Å². The molecule has 3 heteroatoms. The third-order valence-electron chi connectivity index (χ3n) is 3.10. The number of ether oxygens (including phenoxy) is 1. The first-order valence-electron chi connectivity index (χ1n) is 4.81. The molecule has 0 atom stereocenters. The Labute approximate surface area is 73.3 Å². The molecule has 0 amide bonds. The van der Waals surface area contributed by atoms with Gasteiger partial charge < -0.3 is 9.84 Å². The summed E-state index contributed by atoms with van der Waals surface area (Å²) in [6.45, 7) is 4.01. The van der Waals surface area contributed by atoms with Crippen molar-refractivity contribution >= 4 is 0 Å². The summed E-state index contributed by atoms with van der Waals surface area (Å²) in [5, 5.41) is 8.89. The molecule has 1 spiro atoms. The lowest BCUT2D eigenvalue weighted by Gasteiger charge is -2.52. The van der Waals surface area contributed by atoms with Crippen LogP contribution >= 0.6 is 0 Å². The van der Waals surface area contributed by atoms with Gasteiger partial charge in [0.2, 0.25) is 0 Å². The number of aliphatic hydroxyl groups is 1. The maximum Gasteiger partial charge on any atom is 0.0679 e. The minimum atomic E-state index is 0.280. The predicted octanol–water partition coefficient (Wildman–Crippen LogP) is 0.234. The van der Waals surface area contributed by atoms with E-state index in [-0.39, 0.29) is 6.61 Å². The van der Waals surface area contributed by atoms with Crippen LogP contribution in [0.1, 0.15) is 19.3 Å². The fraction of sp³-hybridized carbons (Fsp3) is 1.00. The van der Waals surface area contributed by atoms with Gasteiger partial charge in [-0.3, -0.25) is 4.90 Å². The fourth-order valence-electron chi connectivity index (χ4n) is 2.29. The van der Waals surface area contributed by atoms with Crippen molar-refractivity contribution in [2.24, 2.45) is 0 Å². The molecule has 0 saturated carbocycles. The van der Waals surface area contributed by atoms with E-state index < -0.39 is 0 Å². The number of likely N-dealkylation sites (tertiary alicyclic amines) is 1. The highest BCUT2D eigenvalue weighted by molar-refractivity contribution is 4.98. The summed E-state index contributed by atoms with van der Waals surface area (Å²) < 4.78 is 5.27. The second-order valence-electron chi connectivity index (χ2n) is 3.88. The molecule has 1 N–H and O–H groups in total. The molecule has 0 aliphatic carbocycles. The van der Waals surface area contributed by atoms with Crippen molar-refractivity contribution < 1.29 is 9.84 Å². The fourth-order valence-corrected chi connectivity index (χ4v) is 2.29. The van der Waals surface area contributed by atoms with Gasteiger partial charge in [0, 0.05) is 6.54 Å². The van der Waals surface area contributed by atoms with Gasteiger partial charge in [0.15, 0.2) is 0 Å². The molecule has 70 valence electrons. The minimum absolute atomic E-state index is 0.280. The Bertz CT molecular complexity index is 155. The molecule has 2 saturated heterocycles. The van der Waals surface area contributed by atoms with Crippen LogP contribution in [0.2, 0.25) is 0 Å². The van der Waals surface area contributed by atoms with E-state index in [9.17, 15) is 0 Å². The number of rotatable bonds is 2. The van der Waals surface area contributed by atoms with Crippen molar-refractivity contribution in [3.63, 3.8) is 0 Å². The second kappa shape index (κ2) is 3.32. The molecule has 0 aromatic carbocycles. The predicted molar refractivity (Wildman–Crippen MR) is 46.1 cm³/mol. The summed E-state index contributed by atoms with van der Waals surface area (Å²) >= 11 is 0. The maximum atomic E-state index is 8.89. The Balaban J connectivity index is 1.97. The Hall–Kier alpha value is -0.120. The van der Waals surface area contributed by atoms with Gasteiger partial charge >= 0.3 is 0 Å². The zero-order valence-electron chi connectivity index (χ0n) is 7.46. The maximum absolute atomic E-state index is 8.89. The first kappa shape index (κ1) is 8.48. The van der Waals surface area contributed by atoms with Gasteiger partial charge in [0.1, 0.15) is 0 Å². The van der Waals surface area contributed by atoms with E-state index in [1.54, 1.807) is 0 Å². The monoisotopic (exact) mass is 171 g/mol. The molecule has 0 radical (unpaired) electrons. The van der Waals surface area contributed by atoms with Crippen LogP contribution in [0.25, 0.3) is 0 Å². The van der Waals surface area contributed by atoms with Crippen LogP contribution in [0.3, 0.4) is 0 Å². The lowest BCUT2D eigenvalue weighted by molar-refractivity contribution is -0.158. The molecule has 0 aromatic rings. The van der Waals surface area contributed by atoms with Crippen molar-refractivity contribution in [1.29, 1.82) is 0 Å². The van der Waals surface area contributed by atoms with Crippen LogP contribution in [0.4, 0.5) is 0 Å². The second-order valence-corrected chi connectivity index (χ2v) is 3.88. The van der Waals surface area contributed by atoms with E-state index in [1.165, 1.54) is 19.3 Å². The van der Waals surface area contributed by atoms with Gasteiger partial charge in [-0.25, -0.2) is 0 Å². The third-order valence-corrected chi connectivity index (χ3v) is 3.10. The van der Waals surface area contributed by atoms with Crippen LogP contribution < -0.4 is 0 Å². The number of β-amino-alcohol motifs (C(OH)–C–C–N with tert-alkyl or cyclic N) is 1. The Morgan fingerprint density at radius 1 is 1.33 bits per heavy atom. The van der Waals surface area contributed by atoms with Crippen molar-refractivity contribution in [2.45, 2.75) is 24.8 Å². The molecule has 0 aromatic heterocycles. The highest BCUT2D eigenvalue weighted by Gasteiger charge is 2.44. The highest BCUT2D eigenvalue weighted by Crippen LogP contribution is 2.34. The van der Waals surface area contributed by atoms with Gasteiger partial charge in [0.25, 0.3) is 0 Å². The molecule has 3 nitrogen and oxygen atoms in total. The summed E-state index contributed by atoms with van der Waals surface area (Å²) in [6, 6.07) is 0. The zero-order chi connectivity index (χ0) is 8.44. The first-order chi connectivity index (χ1) is 5.87. The summed E-state index contributed by atoms with van der Waals surface area (Å²) in [4.78, 5) is 2.40. The average Bonchev–Trinajstić information content (AvgIpc) is 2.03. The van der Waals surface area contributed by atoms with Gasteiger partial charge in [-0.15, -0.1) is 0 Å². The normalized spacial score (nSPS) is 28.8. The van der Waals surface area contributed by atoms with Gasteiger partial charge in [-0.05, 0) is 19.4 Å². The SMILES string of the molecule is OCCN1CCCCC12COC2. The number of hydrogen-bond donors (Lipinski definition) is 1. The molecular weight excluding hydrogens is 154 g/mol. The molecule has 2 aliphatic heterocycles. The average molecular weight is 171 g/mol. The summed E-state index contributed by atoms with van der Waals surface area (Å²) in [6.07, 6.45) is 3.86. The minimum Gasteiger partial charge on any atom is -0.395 e. The molecule has 0 bridgehead atoms. The van der Waals surface area contributed by atoms with Crippen molar-refractivity contribution in [1.82, 2.24) is 4.90 Å². The van der Waals surface area contributed by atoms with Crippen LogP contribution in [0.5, 0.6) is 0 Å². The topological polar surface area (TPSA) is 32.7 Å². The standard InChI is InChI=1S/C9H17NO2/c11-6-5-10-4-2-1-3-9(10)7-12-8-9/h11H,1-8H2. The van der Waals surface area contributed by atoms with Crippen molar-refractivity contribution in [2.75, 3.05) is 32.9 Å². The molecule has 2 rings (SSSR count). The van der Waals surface area contributed by atoms with E-state index in [4.69, 9.17) is 9.84 Å². The molecular formula is C9H17NO2. The molecule has 2 fully saturated rings. The van der Waals surface area contributed by atoms with E-state index in [0.29, 0.717) is 5.54 Å². The number of piperidine rings is 1.